The normalized spacial score (nSPS) is 12.1. The highest BCUT2D eigenvalue weighted by Crippen LogP contribution is 2.36. The summed E-state index contributed by atoms with van der Waals surface area (Å²) in [7, 11) is 4.93. The molecule has 2 amide bonds. The molecule has 0 aliphatic rings. The van der Waals surface area contributed by atoms with E-state index in [0.29, 0.717) is 19.3 Å². The average Bonchev–Trinajstić information content (AvgIpc) is 2.85. The van der Waals surface area contributed by atoms with Crippen LogP contribution in [0.2, 0.25) is 0 Å². The van der Waals surface area contributed by atoms with Gasteiger partial charge in [-0.25, -0.2) is 0 Å². The first kappa shape index (κ1) is 29.2. The lowest BCUT2D eigenvalue weighted by Gasteiger charge is -2.25. The zero-order valence-corrected chi connectivity index (χ0v) is 23.1. The van der Waals surface area contributed by atoms with Gasteiger partial charge in [0.25, 0.3) is 0 Å². The van der Waals surface area contributed by atoms with Crippen LogP contribution in [0.5, 0.6) is 11.5 Å². The Balaban J connectivity index is 2.30. The molecule has 0 radical (unpaired) electrons. The lowest BCUT2D eigenvalue weighted by molar-refractivity contribution is -0.120. The van der Waals surface area contributed by atoms with E-state index < -0.39 is 0 Å². The molecule has 0 fully saturated rings. The Bertz CT molecular complexity index is 1010. The van der Waals surface area contributed by atoms with Crippen molar-refractivity contribution in [2.75, 3.05) is 26.6 Å². The van der Waals surface area contributed by atoms with Crippen molar-refractivity contribution in [2.45, 2.75) is 84.0 Å². The van der Waals surface area contributed by atoms with Gasteiger partial charge in [-0.2, -0.15) is 0 Å². The van der Waals surface area contributed by atoms with Gasteiger partial charge in [-0.1, -0.05) is 65.2 Å². The van der Waals surface area contributed by atoms with Crippen molar-refractivity contribution in [3.63, 3.8) is 0 Å². The Kier molecular flexibility index (Phi) is 11.3. The maximum absolute atomic E-state index is 13.4. The summed E-state index contributed by atoms with van der Waals surface area (Å²) in [4.78, 5) is 25.1. The third kappa shape index (κ3) is 8.58. The van der Waals surface area contributed by atoms with Crippen LogP contribution in [-0.4, -0.2) is 33.1 Å². The lowest BCUT2D eigenvalue weighted by Crippen LogP contribution is -2.21. The molecule has 0 aromatic heterocycles. The van der Waals surface area contributed by atoms with Gasteiger partial charge in [0.2, 0.25) is 11.8 Å². The van der Waals surface area contributed by atoms with Crippen LogP contribution in [0.1, 0.15) is 88.8 Å². The van der Waals surface area contributed by atoms with Crippen molar-refractivity contribution in [3.05, 3.63) is 53.1 Å². The van der Waals surface area contributed by atoms with Gasteiger partial charge in [-0.15, -0.1) is 0 Å². The number of aryl methyl sites for hydroxylation is 1. The van der Waals surface area contributed by atoms with Crippen molar-refractivity contribution >= 4 is 17.5 Å². The first-order valence-corrected chi connectivity index (χ1v) is 13.0. The second-order valence-electron chi connectivity index (χ2n) is 10.4. The predicted octanol–water partition coefficient (Wildman–Crippen LogP) is 6.37. The van der Waals surface area contributed by atoms with Crippen LogP contribution in [0, 0.1) is 0 Å². The van der Waals surface area contributed by atoms with E-state index in [4.69, 9.17) is 9.47 Å². The number of amides is 2. The quantitative estimate of drug-likeness (QED) is 0.316. The predicted molar refractivity (Wildman–Crippen MR) is 147 cm³/mol. The van der Waals surface area contributed by atoms with Gasteiger partial charge in [-0.05, 0) is 53.0 Å². The van der Waals surface area contributed by atoms with Gasteiger partial charge in [0.1, 0.15) is 11.5 Å². The van der Waals surface area contributed by atoms with Gasteiger partial charge in [0.05, 0.1) is 14.2 Å². The molecule has 1 atom stereocenters. The van der Waals surface area contributed by atoms with Crippen LogP contribution in [-0.2, 0) is 21.4 Å². The number of unbranched alkanes of at least 4 members (excludes halogenated alkanes) is 2. The van der Waals surface area contributed by atoms with Crippen LogP contribution in [0.3, 0.4) is 0 Å². The summed E-state index contributed by atoms with van der Waals surface area (Å²) >= 11 is 0. The Labute approximate surface area is 217 Å². The summed E-state index contributed by atoms with van der Waals surface area (Å²) in [5.74, 6) is 1.49. The number of anilines is 1. The molecule has 0 spiro atoms. The molecule has 0 bridgehead atoms. The third-order valence-electron chi connectivity index (χ3n) is 6.55. The largest absolute Gasteiger partial charge is 0.497 e. The fraction of sp³-hybridized carbons (Fsp3) is 0.533. The van der Waals surface area contributed by atoms with Crippen molar-refractivity contribution in [2.24, 2.45) is 0 Å². The first-order valence-electron chi connectivity index (χ1n) is 13.0. The Morgan fingerprint density at radius 3 is 2.33 bits per heavy atom. The lowest BCUT2D eigenvalue weighted by atomic mass is 9.84. The molecular formula is C30H44N2O4. The molecule has 2 aromatic rings. The average molecular weight is 497 g/mol. The molecular weight excluding hydrogens is 452 g/mol. The van der Waals surface area contributed by atoms with Gasteiger partial charge < -0.3 is 20.1 Å². The summed E-state index contributed by atoms with van der Waals surface area (Å²) in [6.07, 6.45) is 5.59. The van der Waals surface area contributed by atoms with Crippen molar-refractivity contribution in [1.29, 1.82) is 0 Å². The van der Waals surface area contributed by atoms with Crippen LogP contribution in [0.15, 0.2) is 36.4 Å². The summed E-state index contributed by atoms with van der Waals surface area (Å²) in [6, 6.07) is 12.0. The van der Waals surface area contributed by atoms with Crippen LogP contribution in [0.4, 0.5) is 5.69 Å². The van der Waals surface area contributed by atoms with E-state index in [-0.39, 0.29) is 23.1 Å². The molecule has 6 nitrogen and oxygen atoms in total. The van der Waals surface area contributed by atoms with E-state index in [2.05, 4.69) is 50.5 Å². The third-order valence-corrected chi connectivity index (χ3v) is 6.55. The molecule has 6 heteroatoms. The molecule has 0 saturated carbocycles. The second-order valence-corrected chi connectivity index (χ2v) is 10.4. The van der Waals surface area contributed by atoms with Crippen LogP contribution >= 0.6 is 0 Å². The number of rotatable bonds is 13. The standard InChI is InChI=1S/C30H44N2O4/c1-8-9-10-11-22(24-15-14-23(35-6)20-27(24)36-7)19-29(34)32-26-18-21(13-17-28(33)31-5)12-16-25(26)30(2,3)4/h12,14-16,18,20,22H,8-11,13,17,19H2,1-7H3,(H,31,33)(H,32,34). The molecule has 0 saturated heterocycles. The van der Waals surface area contributed by atoms with E-state index in [9.17, 15) is 9.59 Å². The SMILES string of the molecule is CCCCCC(CC(=O)Nc1cc(CCC(=O)NC)ccc1C(C)(C)C)c1ccc(OC)cc1OC. The number of ether oxygens (including phenoxy) is 2. The molecule has 0 aliphatic carbocycles. The maximum Gasteiger partial charge on any atom is 0.224 e. The molecule has 198 valence electrons. The van der Waals surface area contributed by atoms with Crippen LogP contribution < -0.4 is 20.1 Å². The van der Waals surface area contributed by atoms with Crippen LogP contribution in [0.25, 0.3) is 0 Å². The first-order chi connectivity index (χ1) is 17.1. The Morgan fingerprint density at radius 2 is 1.72 bits per heavy atom. The molecule has 2 aromatic carbocycles. The Hall–Kier alpha value is -3.02. The molecule has 0 heterocycles. The number of carbonyl (C=O) groups is 2. The summed E-state index contributed by atoms with van der Waals surface area (Å²) < 4.78 is 11.0. The minimum Gasteiger partial charge on any atom is -0.497 e. The minimum absolute atomic E-state index is 0.00356. The summed E-state index contributed by atoms with van der Waals surface area (Å²) in [5.41, 5.74) is 3.81. The molecule has 0 aliphatic heterocycles. The van der Waals surface area contributed by atoms with Crippen molar-refractivity contribution in [1.82, 2.24) is 5.32 Å². The zero-order chi connectivity index (χ0) is 26.7. The smallest absolute Gasteiger partial charge is 0.224 e. The maximum atomic E-state index is 13.4. The molecule has 36 heavy (non-hydrogen) atoms. The van der Waals surface area contributed by atoms with Crippen molar-refractivity contribution in [3.8, 4) is 11.5 Å². The summed E-state index contributed by atoms with van der Waals surface area (Å²) in [6.45, 7) is 8.59. The topological polar surface area (TPSA) is 76.7 Å². The number of benzene rings is 2. The monoisotopic (exact) mass is 496 g/mol. The van der Waals surface area contributed by atoms with E-state index in [1.807, 2.05) is 24.3 Å². The highest BCUT2D eigenvalue weighted by atomic mass is 16.5. The second kappa shape index (κ2) is 13.9. The number of methoxy groups -OCH3 is 2. The molecule has 2 rings (SSSR count). The van der Waals surface area contributed by atoms with E-state index in [1.54, 1.807) is 21.3 Å². The van der Waals surface area contributed by atoms with Gasteiger partial charge in [0.15, 0.2) is 0 Å². The fourth-order valence-electron chi connectivity index (χ4n) is 4.48. The Morgan fingerprint density at radius 1 is 0.972 bits per heavy atom. The van der Waals surface area contributed by atoms with Gasteiger partial charge in [0, 0.05) is 31.6 Å². The number of hydrogen-bond donors (Lipinski definition) is 2. The minimum atomic E-state index is -0.137. The van der Waals surface area contributed by atoms with Gasteiger partial charge >= 0.3 is 0 Å². The highest BCUT2D eigenvalue weighted by Gasteiger charge is 2.23. The van der Waals surface area contributed by atoms with E-state index >= 15 is 0 Å². The van der Waals surface area contributed by atoms with E-state index in [1.165, 1.54) is 0 Å². The number of nitrogens with one attached hydrogen (secondary N) is 2. The summed E-state index contributed by atoms with van der Waals surface area (Å²) in [5, 5.41) is 5.87. The number of hydrogen-bond acceptors (Lipinski definition) is 4. The van der Waals surface area contributed by atoms with Crippen molar-refractivity contribution < 1.29 is 19.1 Å². The molecule has 1 unspecified atom stereocenters. The molecule has 2 N–H and O–H groups in total. The van der Waals surface area contributed by atoms with Gasteiger partial charge in [-0.3, -0.25) is 9.59 Å². The fourth-order valence-corrected chi connectivity index (χ4v) is 4.48. The highest BCUT2D eigenvalue weighted by molar-refractivity contribution is 5.92. The number of carbonyl (C=O) groups excluding carboxylic acids is 2. The zero-order valence-electron chi connectivity index (χ0n) is 23.1. The van der Waals surface area contributed by atoms with E-state index in [0.717, 1.165) is 59.6 Å².